The van der Waals surface area contributed by atoms with Crippen LogP contribution in [0.25, 0.3) is 6.08 Å². The van der Waals surface area contributed by atoms with Crippen LogP contribution in [0.2, 0.25) is 0 Å². The monoisotopic (exact) mass is 219 g/mol. The first kappa shape index (κ1) is 9.61. The summed E-state index contributed by atoms with van der Waals surface area (Å²) in [6, 6.07) is 2.82. The van der Waals surface area contributed by atoms with Crippen molar-refractivity contribution in [3.8, 4) is 0 Å². The molecule has 0 spiro atoms. The van der Waals surface area contributed by atoms with E-state index in [0.29, 0.717) is 6.04 Å². The van der Waals surface area contributed by atoms with E-state index >= 15 is 0 Å². The molecule has 1 saturated heterocycles. The Hall–Kier alpha value is -0.600. The van der Waals surface area contributed by atoms with E-state index in [1.54, 1.807) is 11.3 Å². The molecule has 1 aromatic rings. The predicted octanol–water partition coefficient (Wildman–Crippen LogP) is 3.15. The van der Waals surface area contributed by atoms with Gasteiger partial charge >= 0.3 is 0 Å². The molecule has 2 fully saturated rings. The maximum atomic E-state index is 3.64. The summed E-state index contributed by atoms with van der Waals surface area (Å²) in [6.45, 7) is 1.24. The molecule has 80 valence electrons. The van der Waals surface area contributed by atoms with Gasteiger partial charge < -0.3 is 5.32 Å². The largest absolute Gasteiger partial charge is 0.310 e. The Morgan fingerprint density at radius 1 is 1.40 bits per heavy atom. The van der Waals surface area contributed by atoms with Gasteiger partial charge in [0.25, 0.3) is 0 Å². The standard InChI is InChI=1S/C13H17NS/c1-2-11-8-14-13(12(11)3-1)5-4-10-6-7-15-9-10/h4-7,9,11-14H,1-3,8H2/b5-4+. The molecule has 15 heavy (non-hydrogen) atoms. The van der Waals surface area contributed by atoms with Gasteiger partial charge in [0.05, 0.1) is 0 Å². The molecule has 2 heteroatoms. The number of fused-ring (bicyclic) bond motifs is 1. The molecule has 1 aromatic heterocycles. The van der Waals surface area contributed by atoms with Gasteiger partial charge in [0.1, 0.15) is 0 Å². The first-order valence-electron chi connectivity index (χ1n) is 5.87. The van der Waals surface area contributed by atoms with E-state index in [1.807, 2.05) is 0 Å². The quantitative estimate of drug-likeness (QED) is 0.805. The van der Waals surface area contributed by atoms with Crippen molar-refractivity contribution in [1.82, 2.24) is 5.32 Å². The first-order valence-corrected chi connectivity index (χ1v) is 6.81. The summed E-state index contributed by atoms with van der Waals surface area (Å²) < 4.78 is 0. The lowest BCUT2D eigenvalue weighted by molar-refractivity contribution is 0.456. The van der Waals surface area contributed by atoms with Gasteiger partial charge in [-0.25, -0.2) is 0 Å². The van der Waals surface area contributed by atoms with Crippen molar-refractivity contribution in [2.45, 2.75) is 25.3 Å². The van der Waals surface area contributed by atoms with Crippen LogP contribution in [0.3, 0.4) is 0 Å². The van der Waals surface area contributed by atoms with E-state index in [1.165, 1.54) is 31.4 Å². The van der Waals surface area contributed by atoms with Gasteiger partial charge in [-0.15, -0.1) is 0 Å². The fourth-order valence-corrected chi connectivity index (χ4v) is 3.65. The molecule has 1 aliphatic carbocycles. The molecule has 3 rings (SSSR count). The number of hydrogen-bond acceptors (Lipinski definition) is 2. The lowest BCUT2D eigenvalue weighted by atomic mass is 9.94. The third-order valence-corrected chi connectivity index (χ3v) is 4.54. The summed E-state index contributed by atoms with van der Waals surface area (Å²) >= 11 is 1.77. The molecule has 2 aliphatic rings. The molecule has 3 unspecified atom stereocenters. The molecule has 1 N–H and O–H groups in total. The summed E-state index contributed by atoms with van der Waals surface area (Å²) in [4.78, 5) is 0. The number of rotatable bonds is 2. The normalized spacial score (nSPS) is 35.1. The molecule has 0 bridgehead atoms. The van der Waals surface area contributed by atoms with E-state index in [0.717, 1.165) is 11.8 Å². The van der Waals surface area contributed by atoms with Gasteiger partial charge in [0.2, 0.25) is 0 Å². The molecule has 0 aromatic carbocycles. The topological polar surface area (TPSA) is 12.0 Å². The van der Waals surface area contributed by atoms with Crippen molar-refractivity contribution in [3.05, 3.63) is 28.5 Å². The highest BCUT2D eigenvalue weighted by Crippen LogP contribution is 2.38. The van der Waals surface area contributed by atoms with Crippen molar-refractivity contribution < 1.29 is 0 Å². The number of nitrogens with one attached hydrogen (secondary N) is 1. The molecule has 3 atom stereocenters. The zero-order valence-corrected chi connectivity index (χ0v) is 9.67. The minimum absolute atomic E-state index is 0.636. The van der Waals surface area contributed by atoms with E-state index in [4.69, 9.17) is 0 Å². The van der Waals surface area contributed by atoms with Gasteiger partial charge in [-0.05, 0) is 53.6 Å². The van der Waals surface area contributed by atoms with Crippen LogP contribution in [-0.2, 0) is 0 Å². The van der Waals surface area contributed by atoms with Crippen molar-refractivity contribution in [2.75, 3.05) is 6.54 Å². The van der Waals surface area contributed by atoms with E-state index in [-0.39, 0.29) is 0 Å². The van der Waals surface area contributed by atoms with Crippen LogP contribution >= 0.6 is 11.3 Å². The predicted molar refractivity (Wildman–Crippen MR) is 66.0 cm³/mol. The third-order valence-electron chi connectivity index (χ3n) is 3.83. The molecular weight excluding hydrogens is 202 g/mol. The van der Waals surface area contributed by atoms with Crippen LogP contribution in [0.4, 0.5) is 0 Å². The second-order valence-electron chi connectivity index (χ2n) is 4.70. The fourth-order valence-electron chi connectivity index (χ4n) is 3.03. The van der Waals surface area contributed by atoms with Crippen molar-refractivity contribution >= 4 is 17.4 Å². The first-order chi connectivity index (χ1) is 7.43. The summed E-state index contributed by atoms with van der Waals surface area (Å²) in [7, 11) is 0. The lowest BCUT2D eigenvalue weighted by Gasteiger charge is -2.13. The second kappa shape index (κ2) is 4.11. The minimum Gasteiger partial charge on any atom is -0.310 e. The average Bonchev–Trinajstić information content (AvgIpc) is 2.93. The van der Waals surface area contributed by atoms with Crippen LogP contribution in [0.1, 0.15) is 24.8 Å². The van der Waals surface area contributed by atoms with Crippen molar-refractivity contribution in [1.29, 1.82) is 0 Å². The highest BCUT2D eigenvalue weighted by molar-refractivity contribution is 7.08. The molecule has 1 aliphatic heterocycles. The van der Waals surface area contributed by atoms with Gasteiger partial charge in [-0.2, -0.15) is 11.3 Å². The zero-order chi connectivity index (χ0) is 10.1. The van der Waals surface area contributed by atoms with Crippen LogP contribution < -0.4 is 5.32 Å². The Morgan fingerprint density at radius 3 is 3.27 bits per heavy atom. The van der Waals surface area contributed by atoms with E-state index < -0.39 is 0 Å². The zero-order valence-electron chi connectivity index (χ0n) is 8.86. The minimum atomic E-state index is 0.636. The van der Waals surface area contributed by atoms with E-state index in [2.05, 4.69) is 34.3 Å². The smallest absolute Gasteiger partial charge is 0.0284 e. The summed E-state index contributed by atoms with van der Waals surface area (Å²) in [5.74, 6) is 1.88. The van der Waals surface area contributed by atoms with Crippen LogP contribution in [-0.4, -0.2) is 12.6 Å². The maximum Gasteiger partial charge on any atom is 0.0284 e. The van der Waals surface area contributed by atoms with Gasteiger partial charge in [-0.1, -0.05) is 18.6 Å². The molecule has 1 nitrogen and oxygen atoms in total. The average molecular weight is 219 g/mol. The highest BCUT2D eigenvalue weighted by atomic mass is 32.1. The second-order valence-corrected chi connectivity index (χ2v) is 5.48. The van der Waals surface area contributed by atoms with E-state index in [9.17, 15) is 0 Å². The molecular formula is C13H17NS. The van der Waals surface area contributed by atoms with Gasteiger partial charge in [0.15, 0.2) is 0 Å². The Labute approximate surface area is 95.2 Å². The Balaban J connectivity index is 1.68. The lowest BCUT2D eigenvalue weighted by Crippen LogP contribution is -2.23. The molecule has 2 heterocycles. The highest BCUT2D eigenvalue weighted by Gasteiger charge is 2.37. The molecule has 1 saturated carbocycles. The number of hydrogen-bond donors (Lipinski definition) is 1. The maximum absolute atomic E-state index is 3.64. The van der Waals surface area contributed by atoms with Gasteiger partial charge in [0, 0.05) is 6.04 Å². The Morgan fingerprint density at radius 2 is 2.40 bits per heavy atom. The van der Waals surface area contributed by atoms with Gasteiger partial charge in [-0.3, -0.25) is 0 Å². The summed E-state index contributed by atoms with van der Waals surface area (Å²) in [6.07, 6.45) is 8.96. The summed E-state index contributed by atoms with van der Waals surface area (Å²) in [5, 5.41) is 7.98. The van der Waals surface area contributed by atoms with Crippen molar-refractivity contribution in [3.63, 3.8) is 0 Å². The molecule has 0 radical (unpaired) electrons. The Kier molecular flexibility index (Phi) is 2.63. The molecule has 0 amide bonds. The number of thiophene rings is 1. The summed E-state index contributed by atoms with van der Waals surface area (Å²) in [5.41, 5.74) is 1.35. The fraction of sp³-hybridized carbons (Fsp3) is 0.538. The Bertz CT molecular complexity index is 341. The van der Waals surface area contributed by atoms with Crippen LogP contribution in [0.5, 0.6) is 0 Å². The van der Waals surface area contributed by atoms with Crippen molar-refractivity contribution in [2.24, 2.45) is 11.8 Å². The van der Waals surface area contributed by atoms with Crippen LogP contribution in [0.15, 0.2) is 22.9 Å². The van der Waals surface area contributed by atoms with Crippen LogP contribution in [0, 0.1) is 11.8 Å². The third kappa shape index (κ3) is 1.88. The SMILES string of the molecule is C(=C\C1NCC2CCCC21)/c1ccsc1.